The highest BCUT2D eigenvalue weighted by Gasteiger charge is 2.50. The summed E-state index contributed by atoms with van der Waals surface area (Å²) in [4.78, 5) is 32.4. The van der Waals surface area contributed by atoms with Crippen LogP contribution in [0.25, 0.3) is 6.08 Å². The average molecular weight is 476 g/mol. The maximum Gasteiger partial charge on any atom is 0.266 e. The molecule has 0 aliphatic carbocycles. The van der Waals surface area contributed by atoms with Crippen LogP contribution in [0.4, 0.5) is 0 Å². The lowest BCUT2D eigenvalue weighted by Crippen LogP contribution is -2.44. The maximum absolute atomic E-state index is 14.1. The highest BCUT2D eigenvalue weighted by molar-refractivity contribution is 6.09. The number of ketones is 1. The standard InChI is InChI=1S/C31H29N3O2/c1-3-4-13-24(20-21-25-14-11-12-19-28(25)23(2)35)22-34-29(36)31(33-30(34)32,26-15-7-5-8-16-26)27-17-9-6-10-18-27/h3-21H,22H2,1-2H3,(H2,32,33)/b4-3-,21-20+,24-13+. The van der Waals surface area contributed by atoms with E-state index in [2.05, 4.69) is 0 Å². The van der Waals surface area contributed by atoms with Crippen molar-refractivity contribution < 1.29 is 9.59 Å². The Morgan fingerprint density at radius 3 is 2.11 bits per heavy atom. The van der Waals surface area contributed by atoms with Gasteiger partial charge >= 0.3 is 0 Å². The number of guanidine groups is 1. The molecule has 36 heavy (non-hydrogen) atoms. The highest BCUT2D eigenvalue weighted by Crippen LogP contribution is 2.39. The number of hydrogen-bond donors (Lipinski definition) is 1. The fourth-order valence-electron chi connectivity index (χ4n) is 4.36. The number of carbonyl (C=O) groups excluding carboxylic acids is 2. The molecule has 0 saturated carbocycles. The Morgan fingerprint density at radius 2 is 1.53 bits per heavy atom. The van der Waals surface area contributed by atoms with Crippen molar-refractivity contribution in [2.45, 2.75) is 19.4 Å². The largest absolute Gasteiger partial charge is 0.369 e. The van der Waals surface area contributed by atoms with Gasteiger partial charge in [0.15, 0.2) is 17.3 Å². The van der Waals surface area contributed by atoms with E-state index in [4.69, 9.17) is 10.7 Å². The third-order valence-corrected chi connectivity index (χ3v) is 6.16. The lowest BCUT2D eigenvalue weighted by Gasteiger charge is -2.27. The van der Waals surface area contributed by atoms with Crippen molar-refractivity contribution in [3.8, 4) is 0 Å². The van der Waals surface area contributed by atoms with Gasteiger partial charge in [-0.3, -0.25) is 14.5 Å². The van der Waals surface area contributed by atoms with E-state index in [1.807, 2.05) is 116 Å². The van der Waals surface area contributed by atoms with Crippen molar-refractivity contribution >= 4 is 23.7 Å². The number of Topliss-reactive ketones (excluding diaryl/α,β-unsaturated/α-hetero) is 1. The predicted octanol–water partition coefficient (Wildman–Crippen LogP) is 5.51. The van der Waals surface area contributed by atoms with E-state index in [0.717, 1.165) is 22.3 Å². The van der Waals surface area contributed by atoms with Crippen LogP contribution in [0, 0.1) is 0 Å². The fourth-order valence-corrected chi connectivity index (χ4v) is 4.36. The van der Waals surface area contributed by atoms with E-state index < -0.39 is 5.54 Å². The first-order chi connectivity index (χ1) is 17.5. The molecule has 4 rings (SSSR count). The molecule has 1 aliphatic rings. The molecule has 3 aromatic carbocycles. The summed E-state index contributed by atoms with van der Waals surface area (Å²) < 4.78 is 0. The molecule has 0 saturated heterocycles. The molecule has 0 unspecified atom stereocenters. The Morgan fingerprint density at radius 1 is 0.944 bits per heavy atom. The first-order valence-electron chi connectivity index (χ1n) is 11.9. The summed E-state index contributed by atoms with van der Waals surface area (Å²) in [5.74, 6) is -0.0474. The van der Waals surface area contributed by atoms with Crippen molar-refractivity contribution in [3.05, 3.63) is 137 Å². The minimum Gasteiger partial charge on any atom is -0.369 e. The molecule has 1 aliphatic heterocycles. The number of benzene rings is 3. The number of aliphatic imine (C=N–C) groups is 1. The quantitative estimate of drug-likeness (QED) is 0.345. The third kappa shape index (κ3) is 4.82. The van der Waals surface area contributed by atoms with E-state index in [1.165, 1.54) is 4.90 Å². The van der Waals surface area contributed by atoms with E-state index in [0.29, 0.717) is 5.56 Å². The molecule has 0 bridgehead atoms. The summed E-state index contributed by atoms with van der Waals surface area (Å²) in [5.41, 5.74) is 8.98. The number of rotatable bonds is 8. The molecular formula is C31H29N3O2. The normalized spacial score (nSPS) is 15.6. The van der Waals surface area contributed by atoms with Crippen molar-refractivity contribution in [2.75, 3.05) is 6.54 Å². The predicted molar refractivity (Wildman–Crippen MR) is 145 cm³/mol. The van der Waals surface area contributed by atoms with Crippen molar-refractivity contribution in [1.82, 2.24) is 4.90 Å². The molecule has 0 atom stereocenters. The van der Waals surface area contributed by atoms with Crippen LogP contribution in [0.3, 0.4) is 0 Å². The summed E-state index contributed by atoms with van der Waals surface area (Å²) >= 11 is 0. The second-order valence-electron chi connectivity index (χ2n) is 8.55. The number of nitrogens with two attached hydrogens (primary N) is 1. The van der Waals surface area contributed by atoms with Gasteiger partial charge in [-0.05, 0) is 36.1 Å². The summed E-state index contributed by atoms with van der Waals surface area (Å²) in [6, 6.07) is 26.5. The highest BCUT2D eigenvalue weighted by atomic mass is 16.2. The van der Waals surface area contributed by atoms with Gasteiger partial charge in [-0.2, -0.15) is 0 Å². The molecule has 2 N–H and O–H groups in total. The summed E-state index contributed by atoms with van der Waals surface area (Å²) in [7, 11) is 0. The molecule has 180 valence electrons. The Bertz CT molecular complexity index is 1330. The zero-order chi connectivity index (χ0) is 25.5. The van der Waals surface area contributed by atoms with Crippen LogP contribution >= 0.6 is 0 Å². The van der Waals surface area contributed by atoms with Gasteiger partial charge in [0, 0.05) is 5.56 Å². The summed E-state index contributed by atoms with van der Waals surface area (Å²) in [5, 5.41) is 0. The lowest BCUT2D eigenvalue weighted by molar-refractivity contribution is -0.129. The molecule has 5 heteroatoms. The van der Waals surface area contributed by atoms with E-state index in [9.17, 15) is 9.59 Å². The lowest BCUT2D eigenvalue weighted by atomic mass is 9.83. The second-order valence-corrected chi connectivity index (χ2v) is 8.55. The Labute approximate surface area is 212 Å². The van der Waals surface area contributed by atoms with Crippen LogP contribution < -0.4 is 5.73 Å². The summed E-state index contributed by atoms with van der Waals surface area (Å²) in [6.45, 7) is 3.71. The Balaban J connectivity index is 1.71. The van der Waals surface area contributed by atoms with Gasteiger partial charge in [0.05, 0.1) is 6.54 Å². The van der Waals surface area contributed by atoms with E-state index >= 15 is 0 Å². The number of allylic oxidation sites excluding steroid dienone is 3. The van der Waals surface area contributed by atoms with Crippen molar-refractivity contribution in [3.63, 3.8) is 0 Å². The topological polar surface area (TPSA) is 75.8 Å². The molecule has 0 radical (unpaired) electrons. The molecule has 0 fully saturated rings. The average Bonchev–Trinajstić information content (AvgIpc) is 3.16. The van der Waals surface area contributed by atoms with Gasteiger partial charge < -0.3 is 5.73 Å². The molecular weight excluding hydrogens is 446 g/mol. The summed E-state index contributed by atoms with van der Waals surface area (Å²) in [6.07, 6.45) is 9.55. The van der Waals surface area contributed by atoms with Gasteiger partial charge in [-0.1, -0.05) is 115 Å². The third-order valence-electron chi connectivity index (χ3n) is 6.16. The van der Waals surface area contributed by atoms with Gasteiger partial charge in [0.2, 0.25) is 0 Å². The molecule has 0 spiro atoms. The van der Waals surface area contributed by atoms with Crippen LogP contribution in [-0.2, 0) is 10.3 Å². The first-order valence-corrected chi connectivity index (χ1v) is 11.9. The van der Waals surface area contributed by atoms with Gasteiger partial charge in [-0.25, -0.2) is 4.99 Å². The van der Waals surface area contributed by atoms with Gasteiger partial charge in [0.25, 0.3) is 5.91 Å². The van der Waals surface area contributed by atoms with Crippen molar-refractivity contribution in [1.29, 1.82) is 0 Å². The number of hydrogen-bond acceptors (Lipinski definition) is 4. The van der Waals surface area contributed by atoms with Crippen LogP contribution in [0.1, 0.15) is 40.9 Å². The minimum atomic E-state index is -1.25. The molecule has 1 heterocycles. The zero-order valence-electron chi connectivity index (χ0n) is 20.5. The van der Waals surface area contributed by atoms with Crippen LogP contribution in [-0.4, -0.2) is 29.1 Å². The van der Waals surface area contributed by atoms with Gasteiger partial charge in [0.1, 0.15) is 0 Å². The molecule has 1 amide bonds. The monoisotopic (exact) mass is 475 g/mol. The molecule has 5 nitrogen and oxygen atoms in total. The van der Waals surface area contributed by atoms with E-state index in [-0.39, 0.29) is 24.2 Å². The fraction of sp³-hybridized carbons (Fsp3) is 0.129. The molecule has 0 aromatic heterocycles. The maximum atomic E-state index is 14.1. The second kappa shape index (κ2) is 10.8. The zero-order valence-corrected chi connectivity index (χ0v) is 20.5. The number of nitrogens with zero attached hydrogens (tertiary/aromatic N) is 2. The van der Waals surface area contributed by atoms with Crippen LogP contribution in [0.2, 0.25) is 0 Å². The minimum absolute atomic E-state index is 0.00385. The Kier molecular flexibility index (Phi) is 7.40. The molecule has 3 aromatic rings. The van der Waals surface area contributed by atoms with E-state index in [1.54, 1.807) is 13.0 Å². The SMILES string of the molecule is C\C=C/C=C(\C=C\c1ccccc1C(C)=O)CN1C(=O)C(c2ccccc2)(c2ccccc2)N=C1N. The first kappa shape index (κ1) is 24.6. The smallest absolute Gasteiger partial charge is 0.266 e. The van der Waals surface area contributed by atoms with Crippen LogP contribution in [0.15, 0.2) is 120 Å². The number of amides is 1. The number of carbonyl (C=O) groups is 2. The van der Waals surface area contributed by atoms with Crippen LogP contribution in [0.5, 0.6) is 0 Å². The van der Waals surface area contributed by atoms with Crippen molar-refractivity contribution in [2.24, 2.45) is 10.7 Å². The Hall–Kier alpha value is -4.51. The van der Waals surface area contributed by atoms with Gasteiger partial charge in [-0.15, -0.1) is 0 Å².